The van der Waals surface area contributed by atoms with Crippen LogP contribution < -0.4 is 15.0 Å². The van der Waals surface area contributed by atoms with Gasteiger partial charge in [-0.1, -0.05) is 29.8 Å². The van der Waals surface area contributed by atoms with E-state index in [9.17, 15) is 22.8 Å². The summed E-state index contributed by atoms with van der Waals surface area (Å²) in [5, 5.41) is 3.50. The molecule has 1 aliphatic heterocycles. The first kappa shape index (κ1) is 22.4. The average Bonchev–Trinajstić information content (AvgIpc) is 2.72. The predicted molar refractivity (Wildman–Crippen MR) is 112 cm³/mol. The third kappa shape index (κ3) is 4.39. The van der Waals surface area contributed by atoms with Crippen LogP contribution in [0.5, 0.6) is 5.75 Å². The second-order valence-corrected chi connectivity index (χ2v) is 8.48. The van der Waals surface area contributed by atoms with E-state index in [4.69, 9.17) is 16.3 Å². The van der Waals surface area contributed by atoms with Crippen molar-refractivity contribution in [2.45, 2.75) is 44.3 Å². The van der Waals surface area contributed by atoms with Gasteiger partial charge in [0.05, 0.1) is 12.1 Å². The fraction of sp³-hybridized carbons (Fsp3) is 0.409. The minimum Gasteiger partial charge on any atom is -0.482 e. The van der Waals surface area contributed by atoms with Crippen molar-refractivity contribution < 1.29 is 27.5 Å². The molecule has 1 aromatic carbocycles. The Morgan fingerprint density at radius 1 is 1.22 bits per heavy atom. The molecule has 10 heteroatoms. The van der Waals surface area contributed by atoms with E-state index in [1.807, 2.05) is 24.3 Å². The normalized spacial score (nSPS) is 23.5. The van der Waals surface area contributed by atoms with Crippen molar-refractivity contribution in [2.24, 2.45) is 5.92 Å². The molecule has 32 heavy (non-hydrogen) atoms. The highest BCUT2D eigenvalue weighted by atomic mass is 35.5. The number of ether oxygens (including phenoxy) is 1. The van der Waals surface area contributed by atoms with Crippen LogP contribution >= 0.6 is 11.6 Å². The van der Waals surface area contributed by atoms with Crippen molar-refractivity contribution in [3.8, 4) is 5.75 Å². The second-order valence-electron chi connectivity index (χ2n) is 8.08. The number of pyridine rings is 1. The summed E-state index contributed by atoms with van der Waals surface area (Å²) in [5.41, 5.74) is 1.17. The van der Waals surface area contributed by atoms with Gasteiger partial charge in [-0.2, -0.15) is 13.2 Å². The maximum atomic E-state index is 13.3. The van der Waals surface area contributed by atoms with Crippen LogP contribution in [0.1, 0.15) is 36.3 Å². The number of fused-ring (bicyclic) bond motifs is 1. The van der Waals surface area contributed by atoms with Crippen LogP contribution in [0.25, 0.3) is 0 Å². The number of aromatic nitrogens is 1. The number of carbonyl (C=O) groups excluding carboxylic acids is 2. The van der Waals surface area contributed by atoms with Gasteiger partial charge in [0.25, 0.3) is 0 Å². The number of amides is 3. The molecule has 170 valence electrons. The highest BCUT2D eigenvalue weighted by molar-refractivity contribution is 6.31. The lowest BCUT2D eigenvalue weighted by molar-refractivity contribution is -0.153. The Morgan fingerprint density at radius 2 is 1.97 bits per heavy atom. The molecule has 0 bridgehead atoms. The van der Waals surface area contributed by atoms with Gasteiger partial charge in [-0.15, -0.1) is 0 Å². The fourth-order valence-corrected chi connectivity index (χ4v) is 4.76. The van der Waals surface area contributed by atoms with Gasteiger partial charge in [-0.3, -0.25) is 9.78 Å². The summed E-state index contributed by atoms with van der Waals surface area (Å²) in [5.74, 6) is -1.07. The number of aryl methyl sites for hydroxylation is 1. The van der Waals surface area contributed by atoms with Crippen LogP contribution in [0.2, 0.25) is 5.02 Å². The van der Waals surface area contributed by atoms with E-state index in [2.05, 4.69) is 10.3 Å². The van der Waals surface area contributed by atoms with Gasteiger partial charge in [-0.25, -0.2) is 9.69 Å². The minimum atomic E-state index is -4.57. The van der Waals surface area contributed by atoms with Crippen molar-refractivity contribution >= 4 is 29.2 Å². The van der Waals surface area contributed by atoms with Gasteiger partial charge in [0.2, 0.25) is 5.91 Å². The number of anilines is 1. The van der Waals surface area contributed by atoms with Gasteiger partial charge >= 0.3 is 12.2 Å². The lowest BCUT2D eigenvalue weighted by Crippen LogP contribution is -2.61. The molecule has 2 heterocycles. The van der Waals surface area contributed by atoms with Gasteiger partial charge in [0, 0.05) is 22.8 Å². The number of alkyl halides is 3. The highest BCUT2D eigenvalue weighted by Crippen LogP contribution is 2.42. The zero-order valence-corrected chi connectivity index (χ0v) is 17.9. The molecule has 4 rings (SSSR count). The van der Waals surface area contributed by atoms with Crippen LogP contribution in [-0.2, 0) is 4.79 Å². The van der Waals surface area contributed by atoms with E-state index in [1.54, 1.807) is 0 Å². The maximum absolute atomic E-state index is 13.3. The zero-order valence-electron chi connectivity index (χ0n) is 17.2. The monoisotopic (exact) mass is 467 g/mol. The first-order valence-electron chi connectivity index (χ1n) is 10.2. The SMILES string of the molecule is Cc1cncc(N2C(=O)NC3CC(c4ccccc4Cl)CCC3C2=O)c1OCC(F)(F)F. The number of imide groups is 1. The van der Waals surface area contributed by atoms with E-state index in [1.165, 1.54) is 19.3 Å². The second kappa shape index (κ2) is 8.61. The lowest BCUT2D eigenvalue weighted by atomic mass is 9.74. The van der Waals surface area contributed by atoms with E-state index < -0.39 is 36.7 Å². The van der Waals surface area contributed by atoms with Gasteiger partial charge in [-0.05, 0) is 43.7 Å². The molecule has 3 amide bonds. The Labute approximate surface area is 187 Å². The lowest BCUT2D eigenvalue weighted by Gasteiger charge is -2.42. The number of hydrogen-bond donors (Lipinski definition) is 1. The number of hydrogen-bond acceptors (Lipinski definition) is 4. The summed E-state index contributed by atoms with van der Waals surface area (Å²) < 4.78 is 43.1. The van der Waals surface area contributed by atoms with Crippen molar-refractivity contribution in [1.29, 1.82) is 0 Å². The average molecular weight is 468 g/mol. The molecule has 3 unspecified atom stereocenters. The zero-order chi connectivity index (χ0) is 23.0. The Hall–Kier alpha value is -2.81. The molecule has 0 spiro atoms. The summed E-state index contributed by atoms with van der Waals surface area (Å²) in [6.07, 6.45) is -0.324. The molecule has 6 nitrogen and oxygen atoms in total. The van der Waals surface area contributed by atoms with Crippen LogP contribution in [0, 0.1) is 12.8 Å². The molecule has 1 aliphatic carbocycles. The summed E-state index contributed by atoms with van der Waals surface area (Å²) >= 11 is 6.32. The van der Waals surface area contributed by atoms with Crippen molar-refractivity contribution in [2.75, 3.05) is 11.5 Å². The molecule has 2 fully saturated rings. The van der Waals surface area contributed by atoms with E-state index in [0.717, 1.165) is 10.5 Å². The number of rotatable bonds is 4. The standard InChI is InChI=1S/C22H21ClF3N3O3/c1-12-9-27-10-18(19(12)32-11-22(24,25)26)29-20(30)15-7-6-13(8-17(15)28-21(29)31)14-4-2-3-5-16(14)23/h2-5,9-10,13,15,17H,6-8,11H2,1H3,(H,28,31). The molecule has 1 saturated heterocycles. The number of nitrogens with one attached hydrogen (secondary N) is 1. The maximum Gasteiger partial charge on any atom is 0.422 e. The number of benzene rings is 1. The van der Waals surface area contributed by atoms with E-state index >= 15 is 0 Å². The topological polar surface area (TPSA) is 71.5 Å². The van der Waals surface area contributed by atoms with E-state index in [-0.39, 0.29) is 22.9 Å². The van der Waals surface area contributed by atoms with Crippen LogP contribution in [0.15, 0.2) is 36.7 Å². The Bertz CT molecular complexity index is 1050. The largest absolute Gasteiger partial charge is 0.482 e. The molecule has 0 radical (unpaired) electrons. The number of halogens is 4. The number of nitrogens with zero attached hydrogens (tertiary/aromatic N) is 2. The summed E-state index contributed by atoms with van der Waals surface area (Å²) in [4.78, 5) is 31.0. The van der Waals surface area contributed by atoms with Gasteiger partial charge in [0.1, 0.15) is 11.4 Å². The Kier molecular flexibility index (Phi) is 6.03. The molecule has 2 aromatic rings. The van der Waals surface area contributed by atoms with Gasteiger partial charge in [0.15, 0.2) is 6.61 Å². The van der Waals surface area contributed by atoms with E-state index in [0.29, 0.717) is 24.3 Å². The fourth-order valence-electron chi connectivity index (χ4n) is 4.47. The third-order valence-corrected chi connectivity index (χ3v) is 6.27. The Morgan fingerprint density at radius 3 is 2.69 bits per heavy atom. The molecule has 3 atom stereocenters. The quantitative estimate of drug-likeness (QED) is 0.687. The van der Waals surface area contributed by atoms with Crippen molar-refractivity contribution in [3.05, 3.63) is 52.8 Å². The molecule has 1 N–H and O–H groups in total. The highest BCUT2D eigenvalue weighted by Gasteiger charge is 2.46. The van der Waals surface area contributed by atoms with Crippen LogP contribution in [-0.4, -0.2) is 35.7 Å². The third-order valence-electron chi connectivity index (χ3n) is 5.92. The predicted octanol–water partition coefficient (Wildman–Crippen LogP) is 4.99. The smallest absolute Gasteiger partial charge is 0.422 e. The summed E-state index contributed by atoms with van der Waals surface area (Å²) in [6.45, 7) is -0.0355. The molecular formula is C22H21ClF3N3O3. The van der Waals surface area contributed by atoms with Crippen molar-refractivity contribution in [1.82, 2.24) is 10.3 Å². The summed E-state index contributed by atoms with van der Waals surface area (Å²) in [7, 11) is 0. The molecule has 1 saturated carbocycles. The first-order chi connectivity index (χ1) is 15.2. The Balaban J connectivity index is 1.58. The molecule has 1 aromatic heterocycles. The molecule has 2 aliphatic rings. The van der Waals surface area contributed by atoms with Crippen LogP contribution in [0.3, 0.4) is 0 Å². The number of urea groups is 1. The molecular weight excluding hydrogens is 447 g/mol. The number of carbonyl (C=O) groups is 2. The van der Waals surface area contributed by atoms with Gasteiger partial charge < -0.3 is 10.1 Å². The first-order valence-corrected chi connectivity index (χ1v) is 10.6. The van der Waals surface area contributed by atoms with Crippen molar-refractivity contribution in [3.63, 3.8) is 0 Å². The minimum absolute atomic E-state index is 0.0934. The summed E-state index contributed by atoms with van der Waals surface area (Å²) in [6, 6.07) is 6.39. The van der Waals surface area contributed by atoms with Crippen LogP contribution in [0.4, 0.5) is 23.7 Å².